The van der Waals surface area contributed by atoms with Crippen molar-refractivity contribution in [3.05, 3.63) is 51.1 Å². The number of fused-ring (bicyclic) bond motifs is 1. The third-order valence-electron chi connectivity index (χ3n) is 6.52. The fourth-order valence-electron chi connectivity index (χ4n) is 4.85. The number of aromatic nitrogens is 3. The van der Waals surface area contributed by atoms with E-state index in [1.807, 2.05) is 26.2 Å². The first-order valence-electron chi connectivity index (χ1n) is 11.7. The Kier molecular flexibility index (Phi) is 6.92. The van der Waals surface area contributed by atoms with Crippen molar-refractivity contribution in [2.75, 3.05) is 31.8 Å². The van der Waals surface area contributed by atoms with Gasteiger partial charge in [0.15, 0.2) is 0 Å². The van der Waals surface area contributed by atoms with Crippen LogP contribution in [0.4, 0.5) is 5.69 Å². The quantitative estimate of drug-likeness (QED) is 0.554. The van der Waals surface area contributed by atoms with E-state index in [0.717, 1.165) is 54.8 Å². The molecule has 9 nitrogen and oxygen atoms in total. The molecule has 1 amide bonds. The van der Waals surface area contributed by atoms with Crippen molar-refractivity contribution in [3.8, 4) is 5.75 Å². The van der Waals surface area contributed by atoms with Crippen LogP contribution in [0.25, 0.3) is 10.9 Å². The fourth-order valence-corrected chi connectivity index (χ4v) is 4.85. The number of amides is 1. The smallest absolute Gasteiger partial charge is 0.256 e. The minimum atomic E-state index is -0.269. The van der Waals surface area contributed by atoms with E-state index in [9.17, 15) is 9.59 Å². The topological polar surface area (TPSA) is 101 Å². The van der Waals surface area contributed by atoms with Crippen LogP contribution in [0, 0.1) is 13.8 Å². The van der Waals surface area contributed by atoms with E-state index in [1.165, 1.54) is 7.11 Å². The molecule has 2 aromatic heterocycles. The number of pyridine rings is 1. The molecule has 9 heteroatoms. The average molecular weight is 468 g/mol. The molecule has 3 aromatic rings. The average Bonchev–Trinajstić information content (AvgIpc) is 3.19. The van der Waals surface area contributed by atoms with Crippen molar-refractivity contribution < 1.29 is 14.3 Å². The van der Waals surface area contributed by atoms with E-state index in [1.54, 1.807) is 17.7 Å². The first-order chi connectivity index (χ1) is 16.3. The van der Waals surface area contributed by atoms with Crippen molar-refractivity contribution in [1.82, 2.24) is 20.1 Å². The van der Waals surface area contributed by atoms with Crippen molar-refractivity contribution in [3.63, 3.8) is 0 Å². The molecule has 1 aliphatic rings. The second-order valence-electron chi connectivity index (χ2n) is 8.78. The first-order valence-corrected chi connectivity index (χ1v) is 11.7. The molecule has 0 spiro atoms. The number of aryl methyl sites for hydroxylation is 2. The van der Waals surface area contributed by atoms with Gasteiger partial charge in [-0.1, -0.05) is 0 Å². The third kappa shape index (κ3) is 4.52. The van der Waals surface area contributed by atoms with Gasteiger partial charge in [-0.15, -0.1) is 0 Å². The Balaban J connectivity index is 1.71. The minimum Gasteiger partial charge on any atom is -0.496 e. The van der Waals surface area contributed by atoms with Crippen LogP contribution in [0.2, 0.25) is 0 Å². The van der Waals surface area contributed by atoms with Crippen LogP contribution in [-0.2, 0) is 18.3 Å². The summed E-state index contributed by atoms with van der Waals surface area (Å²) in [5, 5.41) is 8.55. The number of methoxy groups -OCH3 is 1. The molecule has 1 saturated heterocycles. The number of benzene rings is 1. The van der Waals surface area contributed by atoms with Gasteiger partial charge < -0.3 is 24.7 Å². The Morgan fingerprint density at radius 2 is 2.06 bits per heavy atom. The van der Waals surface area contributed by atoms with Gasteiger partial charge in [-0.05, 0) is 51.3 Å². The van der Waals surface area contributed by atoms with E-state index in [2.05, 4.69) is 22.1 Å². The lowest BCUT2D eigenvalue weighted by molar-refractivity contribution is 0.0846. The summed E-state index contributed by atoms with van der Waals surface area (Å²) >= 11 is 0. The normalized spacial score (nSPS) is 14.4. The van der Waals surface area contributed by atoms with Gasteiger partial charge in [0.1, 0.15) is 11.3 Å². The predicted octanol–water partition coefficient (Wildman–Crippen LogP) is 2.82. The van der Waals surface area contributed by atoms with Crippen LogP contribution >= 0.6 is 0 Å². The Morgan fingerprint density at radius 3 is 2.74 bits per heavy atom. The molecule has 0 saturated carbocycles. The summed E-state index contributed by atoms with van der Waals surface area (Å²) in [6.45, 7) is 8.23. The molecular weight excluding hydrogens is 434 g/mol. The molecule has 34 heavy (non-hydrogen) atoms. The number of hydrogen-bond donors (Lipinski definition) is 2. The highest BCUT2D eigenvalue weighted by molar-refractivity contribution is 6.04. The summed E-state index contributed by atoms with van der Waals surface area (Å²) in [7, 11) is 3.40. The highest BCUT2D eigenvalue weighted by Crippen LogP contribution is 2.35. The predicted molar refractivity (Wildman–Crippen MR) is 132 cm³/mol. The monoisotopic (exact) mass is 467 g/mol. The number of carbonyl (C=O) groups is 1. The highest BCUT2D eigenvalue weighted by Gasteiger charge is 2.27. The zero-order valence-corrected chi connectivity index (χ0v) is 20.5. The molecular formula is C25H33N5O4. The van der Waals surface area contributed by atoms with E-state index in [4.69, 9.17) is 14.6 Å². The van der Waals surface area contributed by atoms with E-state index >= 15 is 0 Å². The number of aromatic amines is 1. The molecule has 0 atom stereocenters. The van der Waals surface area contributed by atoms with Gasteiger partial charge >= 0.3 is 0 Å². The SMILES string of the molecule is CCN(c1c(C)c(C(=O)NCc2c(OC)cc(C)[nH]c2=O)cc2cn(C)nc12)C1CCOCC1. The summed E-state index contributed by atoms with van der Waals surface area (Å²) in [6.07, 6.45) is 3.81. The number of ether oxygens (including phenoxy) is 2. The molecule has 4 rings (SSSR count). The summed E-state index contributed by atoms with van der Waals surface area (Å²) < 4.78 is 12.7. The first kappa shape index (κ1) is 23.8. The van der Waals surface area contributed by atoms with Crippen molar-refractivity contribution in [2.45, 2.75) is 46.2 Å². The van der Waals surface area contributed by atoms with E-state index < -0.39 is 0 Å². The van der Waals surface area contributed by atoms with Crippen molar-refractivity contribution in [1.29, 1.82) is 0 Å². The highest BCUT2D eigenvalue weighted by atomic mass is 16.5. The largest absolute Gasteiger partial charge is 0.496 e. The minimum absolute atomic E-state index is 0.0644. The van der Waals surface area contributed by atoms with Gasteiger partial charge in [-0.3, -0.25) is 14.3 Å². The Morgan fingerprint density at radius 1 is 1.32 bits per heavy atom. The van der Waals surface area contributed by atoms with E-state index in [0.29, 0.717) is 28.6 Å². The fraction of sp³-hybridized carbons (Fsp3) is 0.480. The number of anilines is 1. The number of nitrogens with one attached hydrogen (secondary N) is 2. The van der Waals surface area contributed by atoms with Crippen LogP contribution in [0.1, 0.15) is 46.9 Å². The maximum atomic E-state index is 13.4. The standard InChI is InChI=1S/C25H33N5O4/c1-6-30(18-7-9-34-10-8-18)23-16(3)19(12-17-14-29(4)28-22(17)23)24(31)26-13-20-21(33-5)11-15(2)27-25(20)32/h11-12,14,18H,6-10,13H2,1-5H3,(H,26,31)(H,27,32). The number of carbonyl (C=O) groups excluding carboxylic acids is 1. The lowest BCUT2D eigenvalue weighted by Crippen LogP contribution is -2.40. The lowest BCUT2D eigenvalue weighted by Gasteiger charge is -2.36. The zero-order valence-electron chi connectivity index (χ0n) is 20.5. The maximum absolute atomic E-state index is 13.4. The second kappa shape index (κ2) is 9.89. The van der Waals surface area contributed by atoms with Crippen molar-refractivity contribution >= 4 is 22.5 Å². The number of nitrogens with zero attached hydrogens (tertiary/aromatic N) is 3. The number of hydrogen-bond acceptors (Lipinski definition) is 6. The van der Waals surface area contributed by atoms with Crippen LogP contribution in [-0.4, -0.2) is 53.6 Å². The van der Waals surface area contributed by atoms with Gasteiger partial charge in [0, 0.05) is 55.7 Å². The molecule has 0 unspecified atom stereocenters. The molecule has 0 radical (unpaired) electrons. The summed E-state index contributed by atoms with van der Waals surface area (Å²) in [5.41, 5.74) is 4.15. The van der Waals surface area contributed by atoms with Crippen LogP contribution in [0.3, 0.4) is 0 Å². The molecule has 2 N–H and O–H groups in total. The molecule has 1 aromatic carbocycles. The third-order valence-corrected chi connectivity index (χ3v) is 6.52. The lowest BCUT2D eigenvalue weighted by atomic mass is 9.98. The Hall–Kier alpha value is -3.33. The van der Waals surface area contributed by atoms with Gasteiger partial charge in [0.25, 0.3) is 11.5 Å². The van der Waals surface area contributed by atoms with Gasteiger partial charge in [-0.2, -0.15) is 5.10 Å². The number of H-pyrrole nitrogens is 1. The van der Waals surface area contributed by atoms with E-state index in [-0.39, 0.29) is 18.0 Å². The number of rotatable bonds is 7. The molecule has 3 heterocycles. The maximum Gasteiger partial charge on any atom is 0.256 e. The molecule has 1 aliphatic heterocycles. The molecule has 182 valence electrons. The zero-order chi connectivity index (χ0) is 24.4. The molecule has 0 aliphatic carbocycles. The Bertz CT molecular complexity index is 1260. The summed E-state index contributed by atoms with van der Waals surface area (Å²) in [4.78, 5) is 31.0. The second-order valence-corrected chi connectivity index (χ2v) is 8.78. The van der Waals surface area contributed by atoms with Gasteiger partial charge in [-0.25, -0.2) is 0 Å². The summed E-state index contributed by atoms with van der Waals surface area (Å²) in [6, 6.07) is 3.96. The van der Waals surface area contributed by atoms with Crippen LogP contribution < -0.4 is 20.5 Å². The van der Waals surface area contributed by atoms with Crippen LogP contribution in [0.5, 0.6) is 5.75 Å². The summed E-state index contributed by atoms with van der Waals surface area (Å²) in [5.74, 6) is 0.216. The molecule has 0 bridgehead atoms. The Labute approximate surface area is 199 Å². The van der Waals surface area contributed by atoms with Crippen LogP contribution in [0.15, 0.2) is 23.1 Å². The van der Waals surface area contributed by atoms with Crippen molar-refractivity contribution in [2.24, 2.45) is 7.05 Å². The van der Waals surface area contributed by atoms with Gasteiger partial charge in [0.2, 0.25) is 0 Å². The van der Waals surface area contributed by atoms with Gasteiger partial charge in [0.05, 0.1) is 24.9 Å². The molecule has 1 fully saturated rings.